The topological polar surface area (TPSA) is 56.7 Å². The van der Waals surface area contributed by atoms with Crippen LogP contribution >= 0.6 is 0 Å². The normalized spacial score (nSPS) is 10.5. The summed E-state index contributed by atoms with van der Waals surface area (Å²) in [7, 11) is 0. The van der Waals surface area contributed by atoms with Gasteiger partial charge in [-0.15, -0.1) is 5.10 Å². The quantitative estimate of drug-likeness (QED) is 0.803. The zero-order chi connectivity index (χ0) is 10.8. The van der Waals surface area contributed by atoms with Crippen LogP contribution in [0.1, 0.15) is 16.7 Å². The first kappa shape index (κ1) is 9.71. The van der Waals surface area contributed by atoms with Crippen molar-refractivity contribution < 1.29 is 0 Å². The van der Waals surface area contributed by atoms with Gasteiger partial charge in [-0.25, -0.2) is 4.68 Å². The van der Waals surface area contributed by atoms with Gasteiger partial charge in [-0.3, -0.25) is 0 Å². The Hall–Kier alpha value is -1.84. The van der Waals surface area contributed by atoms with Crippen LogP contribution in [0.25, 0.3) is 0 Å². The van der Waals surface area contributed by atoms with Crippen molar-refractivity contribution in [2.24, 2.45) is 0 Å². The Kier molecular flexibility index (Phi) is 2.41. The van der Waals surface area contributed by atoms with E-state index in [9.17, 15) is 0 Å². The van der Waals surface area contributed by atoms with Crippen LogP contribution in [0.3, 0.4) is 0 Å². The number of nitrogen functional groups attached to an aromatic ring is 1. The van der Waals surface area contributed by atoms with E-state index < -0.39 is 0 Å². The molecular weight excluding hydrogens is 188 g/mol. The summed E-state index contributed by atoms with van der Waals surface area (Å²) in [5.74, 6) is 0.459. The van der Waals surface area contributed by atoms with E-state index in [1.807, 2.05) is 0 Å². The molecule has 0 amide bonds. The summed E-state index contributed by atoms with van der Waals surface area (Å²) in [4.78, 5) is 0. The van der Waals surface area contributed by atoms with Crippen molar-refractivity contribution in [3.05, 3.63) is 41.1 Å². The van der Waals surface area contributed by atoms with Crippen LogP contribution in [0.15, 0.2) is 24.4 Å². The molecular formula is C11H14N4. The Morgan fingerprint density at radius 2 is 1.93 bits per heavy atom. The lowest BCUT2D eigenvalue weighted by Gasteiger charge is -2.08. The van der Waals surface area contributed by atoms with Crippen molar-refractivity contribution in [3.8, 4) is 0 Å². The summed E-state index contributed by atoms with van der Waals surface area (Å²) in [5, 5.41) is 7.70. The molecule has 1 heterocycles. The van der Waals surface area contributed by atoms with Gasteiger partial charge in [0.2, 0.25) is 0 Å². The highest BCUT2D eigenvalue weighted by atomic mass is 15.4. The van der Waals surface area contributed by atoms with Gasteiger partial charge in [-0.2, -0.15) is 0 Å². The Balaban J connectivity index is 2.31. The molecule has 0 aliphatic rings. The van der Waals surface area contributed by atoms with Crippen LogP contribution in [-0.4, -0.2) is 15.0 Å². The lowest BCUT2D eigenvalue weighted by atomic mass is 10.0. The fourth-order valence-electron chi connectivity index (χ4n) is 1.65. The standard InChI is InChI=1S/C11H14N4/c1-8-4-3-5-9(2)10(8)6-15-7-11(12)13-14-15/h3-5,7H,6,12H2,1-2H3. The smallest absolute Gasteiger partial charge is 0.165 e. The van der Waals surface area contributed by atoms with Crippen LogP contribution in [0.4, 0.5) is 5.82 Å². The van der Waals surface area contributed by atoms with Gasteiger partial charge in [0.1, 0.15) is 0 Å². The Morgan fingerprint density at radius 3 is 2.47 bits per heavy atom. The second-order valence-corrected chi connectivity index (χ2v) is 3.71. The summed E-state index contributed by atoms with van der Waals surface area (Å²) >= 11 is 0. The van der Waals surface area contributed by atoms with Crippen molar-refractivity contribution in [3.63, 3.8) is 0 Å². The number of rotatable bonds is 2. The number of nitrogens with two attached hydrogens (primary N) is 1. The van der Waals surface area contributed by atoms with E-state index in [4.69, 9.17) is 5.73 Å². The molecule has 0 atom stereocenters. The Morgan fingerprint density at radius 1 is 1.27 bits per heavy atom. The molecule has 2 rings (SSSR count). The molecule has 4 heteroatoms. The maximum Gasteiger partial charge on any atom is 0.165 e. The van der Waals surface area contributed by atoms with Gasteiger partial charge in [-0.1, -0.05) is 23.4 Å². The second kappa shape index (κ2) is 3.73. The summed E-state index contributed by atoms with van der Waals surface area (Å²) in [5.41, 5.74) is 9.33. The van der Waals surface area contributed by atoms with E-state index in [0.717, 1.165) is 6.54 Å². The summed E-state index contributed by atoms with van der Waals surface area (Å²) in [6.45, 7) is 4.92. The second-order valence-electron chi connectivity index (χ2n) is 3.71. The lowest BCUT2D eigenvalue weighted by molar-refractivity contribution is 0.645. The zero-order valence-corrected chi connectivity index (χ0v) is 8.94. The highest BCUT2D eigenvalue weighted by molar-refractivity contribution is 5.33. The molecule has 0 radical (unpaired) electrons. The fraction of sp³-hybridized carbons (Fsp3) is 0.273. The SMILES string of the molecule is Cc1cccc(C)c1Cn1cc(N)nn1. The molecule has 0 aliphatic carbocycles. The first-order valence-corrected chi connectivity index (χ1v) is 4.87. The minimum atomic E-state index is 0.459. The van der Waals surface area contributed by atoms with Crippen LogP contribution < -0.4 is 5.73 Å². The van der Waals surface area contributed by atoms with E-state index in [0.29, 0.717) is 5.82 Å². The zero-order valence-electron chi connectivity index (χ0n) is 8.94. The molecule has 2 N–H and O–H groups in total. The largest absolute Gasteiger partial charge is 0.381 e. The monoisotopic (exact) mass is 202 g/mol. The van der Waals surface area contributed by atoms with Gasteiger partial charge < -0.3 is 5.73 Å². The first-order chi connectivity index (χ1) is 7.16. The van der Waals surface area contributed by atoms with E-state index in [2.05, 4.69) is 42.4 Å². The third kappa shape index (κ3) is 1.98. The molecule has 2 aromatic rings. The highest BCUT2D eigenvalue weighted by Gasteiger charge is 2.04. The minimum absolute atomic E-state index is 0.459. The fourth-order valence-corrected chi connectivity index (χ4v) is 1.65. The number of hydrogen-bond donors (Lipinski definition) is 1. The van der Waals surface area contributed by atoms with Crippen molar-refractivity contribution in [2.45, 2.75) is 20.4 Å². The summed E-state index contributed by atoms with van der Waals surface area (Å²) in [6, 6.07) is 6.26. The number of benzene rings is 1. The number of nitrogens with zero attached hydrogens (tertiary/aromatic N) is 3. The highest BCUT2D eigenvalue weighted by Crippen LogP contribution is 2.14. The third-order valence-corrected chi connectivity index (χ3v) is 2.52. The van der Waals surface area contributed by atoms with Crippen LogP contribution in [-0.2, 0) is 6.54 Å². The molecule has 0 saturated carbocycles. The van der Waals surface area contributed by atoms with E-state index in [1.165, 1.54) is 16.7 Å². The number of aromatic nitrogens is 3. The van der Waals surface area contributed by atoms with Crippen molar-refractivity contribution in [1.29, 1.82) is 0 Å². The molecule has 0 aliphatic heterocycles. The van der Waals surface area contributed by atoms with Crippen molar-refractivity contribution >= 4 is 5.82 Å². The Bertz CT molecular complexity index is 453. The average molecular weight is 202 g/mol. The molecule has 1 aromatic heterocycles. The molecule has 0 bridgehead atoms. The predicted octanol–water partition coefficient (Wildman–Crippen LogP) is 1.53. The van der Waals surface area contributed by atoms with Crippen molar-refractivity contribution in [2.75, 3.05) is 5.73 Å². The lowest BCUT2D eigenvalue weighted by Crippen LogP contribution is -2.04. The first-order valence-electron chi connectivity index (χ1n) is 4.87. The summed E-state index contributed by atoms with van der Waals surface area (Å²) in [6.07, 6.45) is 1.74. The average Bonchev–Trinajstić information content (AvgIpc) is 2.58. The number of hydrogen-bond acceptors (Lipinski definition) is 3. The molecule has 0 unspecified atom stereocenters. The van der Waals surface area contributed by atoms with Gasteiger partial charge in [0.25, 0.3) is 0 Å². The predicted molar refractivity (Wildman–Crippen MR) is 59.5 cm³/mol. The molecule has 0 fully saturated rings. The molecule has 4 nitrogen and oxygen atoms in total. The van der Waals surface area contributed by atoms with Gasteiger partial charge in [-0.05, 0) is 30.5 Å². The van der Waals surface area contributed by atoms with Gasteiger partial charge >= 0.3 is 0 Å². The Labute approximate surface area is 88.7 Å². The van der Waals surface area contributed by atoms with E-state index in [-0.39, 0.29) is 0 Å². The minimum Gasteiger partial charge on any atom is -0.381 e. The molecule has 1 aromatic carbocycles. The number of anilines is 1. The van der Waals surface area contributed by atoms with Crippen molar-refractivity contribution in [1.82, 2.24) is 15.0 Å². The summed E-state index contributed by atoms with van der Waals surface area (Å²) < 4.78 is 1.75. The van der Waals surface area contributed by atoms with E-state index >= 15 is 0 Å². The van der Waals surface area contributed by atoms with Crippen LogP contribution in [0.2, 0.25) is 0 Å². The maximum absolute atomic E-state index is 5.51. The molecule has 0 saturated heterocycles. The third-order valence-electron chi connectivity index (χ3n) is 2.52. The molecule has 78 valence electrons. The van der Waals surface area contributed by atoms with Crippen LogP contribution in [0.5, 0.6) is 0 Å². The maximum atomic E-state index is 5.51. The van der Waals surface area contributed by atoms with E-state index in [1.54, 1.807) is 10.9 Å². The van der Waals surface area contributed by atoms with Gasteiger partial charge in [0.05, 0.1) is 12.7 Å². The molecule has 15 heavy (non-hydrogen) atoms. The van der Waals surface area contributed by atoms with Gasteiger partial charge in [0.15, 0.2) is 5.82 Å². The van der Waals surface area contributed by atoms with Crippen LogP contribution in [0, 0.1) is 13.8 Å². The molecule has 0 spiro atoms. The van der Waals surface area contributed by atoms with Gasteiger partial charge in [0, 0.05) is 0 Å². The number of aryl methyl sites for hydroxylation is 2.